The molecule has 2 N–H and O–H groups in total. The van der Waals surface area contributed by atoms with Gasteiger partial charge in [-0.25, -0.2) is 4.98 Å². The number of nitrogens with zero attached hydrogens (tertiary/aromatic N) is 1. The zero-order chi connectivity index (χ0) is 9.90. The van der Waals surface area contributed by atoms with Crippen LogP contribution in [0.3, 0.4) is 0 Å². The molecule has 0 aliphatic carbocycles. The molecule has 0 unspecified atom stereocenters. The normalized spacial score (nSPS) is 11.7. The van der Waals surface area contributed by atoms with E-state index < -0.39 is 5.60 Å². The minimum Gasteiger partial charge on any atom is -0.390 e. The molecule has 0 bridgehead atoms. The van der Waals surface area contributed by atoms with Crippen molar-refractivity contribution in [2.24, 2.45) is 0 Å². The molecule has 0 atom stereocenters. The SMILES string of the molecule is Cc1csc(NCCC(C)(C)O)n1. The van der Waals surface area contributed by atoms with Crippen molar-refractivity contribution in [3.63, 3.8) is 0 Å². The summed E-state index contributed by atoms with van der Waals surface area (Å²) in [6.07, 6.45) is 0.728. The Bertz CT molecular complexity index is 265. The molecule has 0 fully saturated rings. The van der Waals surface area contributed by atoms with E-state index >= 15 is 0 Å². The van der Waals surface area contributed by atoms with Gasteiger partial charge in [-0.3, -0.25) is 0 Å². The average Bonchev–Trinajstić information content (AvgIpc) is 2.33. The first kappa shape index (κ1) is 10.5. The average molecular weight is 200 g/mol. The Morgan fingerprint density at radius 2 is 2.31 bits per heavy atom. The summed E-state index contributed by atoms with van der Waals surface area (Å²) in [5.41, 5.74) is 0.440. The minimum atomic E-state index is -0.598. The highest BCUT2D eigenvalue weighted by atomic mass is 32.1. The van der Waals surface area contributed by atoms with Gasteiger partial charge in [0.1, 0.15) is 0 Å². The molecule has 1 rings (SSSR count). The lowest BCUT2D eigenvalue weighted by atomic mass is 10.1. The van der Waals surface area contributed by atoms with Crippen LogP contribution < -0.4 is 5.32 Å². The van der Waals surface area contributed by atoms with Crippen LogP contribution in [0.15, 0.2) is 5.38 Å². The fourth-order valence-corrected chi connectivity index (χ4v) is 1.63. The minimum absolute atomic E-state index is 0.598. The molecule has 0 spiro atoms. The van der Waals surface area contributed by atoms with Gasteiger partial charge in [-0.1, -0.05) is 0 Å². The summed E-state index contributed by atoms with van der Waals surface area (Å²) in [7, 11) is 0. The molecule has 0 amide bonds. The third kappa shape index (κ3) is 4.24. The van der Waals surface area contributed by atoms with Gasteiger partial charge in [0.2, 0.25) is 0 Å². The van der Waals surface area contributed by atoms with Crippen LogP contribution in [0, 0.1) is 6.92 Å². The molecule has 1 aromatic heterocycles. The maximum Gasteiger partial charge on any atom is 0.182 e. The van der Waals surface area contributed by atoms with E-state index in [4.69, 9.17) is 0 Å². The fraction of sp³-hybridized carbons (Fsp3) is 0.667. The van der Waals surface area contributed by atoms with Gasteiger partial charge in [0, 0.05) is 11.9 Å². The first-order chi connectivity index (χ1) is 5.97. The van der Waals surface area contributed by atoms with Gasteiger partial charge in [-0.2, -0.15) is 0 Å². The molecule has 0 saturated carbocycles. The lowest BCUT2D eigenvalue weighted by molar-refractivity contribution is 0.0749. The Balaban J connectivity index is 2.28. The summed E-state index contributed by atoms with van der Waals surface area (Å²) < 4.78 is 0. The van der Waals surface area contributed by atoms with E-state index in [1.165, 1.54) is 0 Å². The molecule has 1 aromatic rings. The van der Waals surface area contributed by atoms with E-state index in [0.717, 1.165) is 23.8 Å². The van der Waals surface area contributed by atoms with E-state index in [-0.39, 0.29) is 0 Å². The van der Waals surface area contributed by atoms with E-state index in [0.29, 0.717) is 0 Å². The van der Waals surface area contributed by atoms with Crippen LogP contribution in [0.1, 0.15) is 26.0 Å². The van der Waals surface area contributed by atoms with Gasteiger partial charge in [-0.05, 0) is 27.2 Å². The molecule has 0 aliphatic rings. The zero-order valence-electron chi connectivity index (χ0n) is 8.29. The van der Waals surface area contributed by atoms with Crippen LogP contribution >= 0.6 is 11.3 Å². The Kier molecular flexibility index (Phi) is 3.27. The van der Waals surface area contributed by atoms with Crippen molar-refractivity contribution in [2.75, 3.05) is 11.9 Å². The van der Waals surface area contributed by atoms with Crippen molar-refractivity contribution < 1.29 is 5.11 Å². The second-order valence-electron chi connectivity index (χ2n) is 3.78. The van der Waals surface area contributed by atoms with Crippen molar-refractivity contribution in [3.8, 4) is 0 Å². The molecule has 74 valence electrons. The highest BCUT2D eigenvalue weighted by molar-refractivity contribution is 7.13. The van der Waals surface area contributed by atoms with Crippen LogP contribution in [-0.2, 0) is 0 Å². The molecule has 0 saturated heterocycles. The van der Waals surface area contributed by atoms with Gasteiger partial charge in [0.25, 0.3) is 0 Å². The summed E-state index contributed by atoms with van der Waals surface area (Å²) in [5.74, 6) is 0. The van der Waals surface area contributed by atoms with Crippen molar-refractivity contribution in [3.05, 3.63) is 11.1 Å². The van der Waals surface area contributed by atoms with Gasteiger partial charge in [0.05, 0.1) is 11.3 Å². The molecule has 3 nitrogen and oxygen atoms in total. The summed E-state index contributed by atoms with van der Waals surface area (Å²) >= 11 is 1.60. The second-order valence-corrected chi connectivity index (χ2v) is 4.64. The Morgan fingerprint density at radius 3 is 2.77 bits per heavy atom. The number of aryl methyl sites for hydroxylation is 1. The standard InChI is InChI=1S/C9H16N2OS/c1-7-6-13-8(11-7)10-5-4-9(2,3)12/h6,12H,4-5H2,1-3H3,(H,10,11). The van der Waals surface area contributed by atoms with E-state index in [1.54, 1.807) is 11.3 Å². The smallest absolute Gasteiger partial charge is 0.182 e. The number of rotatable bonds is 4. The third-order valence-corrected chi connectivity index (χ3v) is 2.55. The van der Waals surface area contributed by atoms with Crippen LogP contribution in [0.2, 0.25) is 0 Å². The van der Waals surface area contributed by atoms with E-state index in [1.807, 2.05) is 26.2 Å². The lowest BCUT2D eigenvalue weighted by Gasteiger charge is -2.16. The highest BCUT2D eigenvalue weighted by Crippen LogP contribution is 2.15. The number of anilines is 1. The van der Waals surface area contributed by atoms with Crippen molar-refractivity contribution in [1.82, 2.24) is 4.98 Å². The Morgan fingerprint density at radius 1 is 1.62 bits per heavy atom. The predicted octanol–water partition coefficient (Wildman–Crippen LogP) is 2.02. The molecular formula is C9H16N2OS. The second kappa shape index (κ2) is 4.07. The van der Waals surface area contributed by atoms with Crippen molar-refractivity contribution in [2.45, 2.75) is 32.8 Å². The number of nitrogens with one attached hydrogen (secondary N) is 1. The molecule has 13 heavy (non-hydrogen) atoms. The summed E-state index contributed by atoms with van der Waals surface area (Å²) in [4.78, 5) is 4.26. The van der Waals surface area contributed by atoms with Crippen LogP contribution in [-0.4, -0.2) is 22.2 Å². The number of hydrogen-bond donors (Lipinski definition) is 2. The molecule has 1 heterocycles. The topological polar surface area (TPSA) is 45.1 Å². The maximum atomic E-state index is 9.44. The van der Waals surface area contributed by atoms with Crippen molar-refractivity contribution >= 4 is 16.5 Å². The quantitative estimate of drug-likeness (QED) is 0.781. The van der Waals surface area contributed by atoms with Crippen molar-refractivity contribution in [1.29, 1.82) is 0 Å². The largest absolute Gasteiger partial charge is 0.390 e. The molecule has 0 aromatic carbocycles. The first-order valence-electron chi connectivity index (χ1n) is 4.36. The first-order valence-corrected chi connectivity index (χ1v) is 5.24. The van der Waals surface area contributed by atoms with Gasteiger partial charge in [0.15, 0.2) is 5.13 Å². The predicted molar refractivity (Wildman–Crippen MR) is 56.3 cm³/mol. The Hall–Kier alpha value is -0.610. The van der Waals surface area contributed by atoms with E-state index in [2.05, 4.69) is 10.3 Å². The van der Waals surface area contributed by atoms with Gasteiger partial charge >= 0.3 is 0 Å². The number of aliphatic hydroxyl groups is 1. The number of hydrogen-bond acceptors (Lipinski definition) is 4. The molecule has 0 radical (unpaired) electrons. The van der Waals surface area contributed by atoms with Crippen LogP contribution in [0.4, 0.5) is 5.13 Å². The monoisotopic (exact) mass is 200 g/mol. The molecule has 4 heteroatoms. The molecular weight excluding hydrogens is 184 g/mol. The summed E-state index contributed by atoms with van der Waals surface area (Å²) in [6.45, 7) is 6.34. The fourth-order valence-electron chi connectivity index (χ4n) is 0.910. The highest BCUT2D eigenvalue weighted by Gasteiger charge is 2.11. The summed E-state index contributed by atoms with van der Waals surface area (Å²) in [6, 6.07) is 0. The van der Waals surface area contributed by atoms with Crippen LogP contribution in [0.5, 0.6) is 0 Å². The van der Waals surface area contributed by atoms with Crippen LogP contribution in [0.25, 0.3) is 0 Å². The van der Waals surface area contributed by atoms with Gasteiger partial charge in [-0.15, -0.1) is 11.3 Å². The molecule has 0 aliphatic heterocycles. The number of thiazole rings is 1. The summed E-state index contributed by atoms with van der Waals surface area (Å²) in [5, 5.41) is 15.6. The maximum absolute atomic E-state index is 9.44. The van der Waals surface area contributed by atoms with Gasteiger partial charge < -0.3 is 10.4 Å². The van der Waals surface area contributed by atoms with E-state index in [9.17, 15) is 5.11 Å². The zero-order valence-corrected chi connectivity index (χ0v) is 9.11. The lowest BCUT2D eigenvalue weighted by Crippen LogP contribution is -2.22. The number of aromatic nitrogens is 1. The Labute approximate surface area is 82.8 Å². The third-order valence-electron chi connectivity index (χ3n) is 1.63.